The molecule has 0 fully saturated rings. The van der Waals surface area contributed by atoms with Crippen LogP contribution in [-0.2, 0) is 28.6 Å². The SMILES string of the molecule is CC/C=C\C/C=C\C/C=C\C/C=C\C/C=C\CC(=O)OCC(COC(=O)CCCCCCCCCCCCCCCCCCCCCCCCCCCCCCCCC)OC(=O)CCCCCCC/C=C\CCCCCCCCC. The number of esters is 3. The van der Waals surface area contributed by atoms with E-state index in [0.29, 0.717) is 12.8 Å². The highest BCUT2D eigenvalue weighted by Gasteiger charge is 2.19. The summed E-state index contributed by atoms with van der Waals surface area (Å²) in [5, 5.41) is 0. The van der Waals surface area contributed by atoms with Crippen molar-refractivity contribution in [2.75, 3.05) is 13.2 Å². The molecule has 0 N–H and O–H groups in total. The van der Waals surface area contributed by atoms with Gasteiger partial charge in [-0.1, -0.05) is 344 Å². The summed E-state index contributed by atoms with van der Waals surface area (Å²) < 4.78 is 16.8. The van der Waals surface area contributed by atoms with Crippen LogP contribution in [0, 0.1) is 0 Å². The summed E-state index contributed by atoms with van der Waals surface area (Å²) in [7, 11) is 0. The average Bonchev–Trinajstić information content (AvgIpc) is 3.46. The zero-order valence-corrected chi connectivity index (χ0v) is 53.3. The Hall–Kier alpha value is -3.15. The molecule has 0 aromatic carbocycles. The van der Waals surface area contributed by atoms with Crippen molar-refractivity contribution in [2.24, 2.45) is 0 Å². The molecule has 1 atom stereocenters. The summed E-state index contributed by atoms with van der Waals surface area (Å²) in [4.78, 5) is 38.3. The first-order chi connectivity index (χ1) is 39.5. The lowest BCUT2D eigenvalue weighted by molar-refractivity contribution is -0.166. The van der Waals surface area contributed by atoms with Crippen molar-refractivity contribution >= 4 is 17.9 Å². The Kier molecular flexibility index (Phi) is 65.7. The Labute approximate surface area is 497 Å². The smallest absolute Gasteiger partial charge is 0.309 e. The molecular formula is C74H132O6. The zero-order valence-electron chi connectivity index (χ0n) is 53.3. The van der Waals surface area contributed by atoms with E-state index in [0.717, 1.165) is 83.5 Å². The molecule has 80 heavy (non-hydrogen) atoms. The third-order valence-electron chi connectivity index (χ3n) is 15.5. The molecule has 1 unspecified atom stereocenters. The first-order valence-electron chi connectivity index (χ1n) is 34.9. The Morgan fingerprint density at radius 2 is 0.537 bits per heavy atom. The number of carbonyl (C=O) groups excluding carboxylic acids is 3. The van der Waals surface area contributed by atoms with Crippen molar-refractivity contribution in [3.8, 4) is 0 Å². The van der Waals surface area contributed by atoms with Gasteiger partial charge in [0.15, 0.2) is 6.10 Å². The van der Waals surface area contributed by atoms with Gasteiger partial charge in [-0.15, -0.1) is 0 Å². The van der Waals surface area contributed by atoms with Crippen molar-refractivity contribution < 1.29 is 28.6 Å². The van der Waals surface area contributed by atoms with E-state index in [2.05, 4.69) is 81.5 Å². The quantitative estimate of drug-likeness (QED) is 0.0261. The van der Waals surface area contributed by atoms with Gasteiger partial charge in [0.05, 0.1) is 6.42 Å². The lowest BCUT2D eigenvalue weighted by atomic mass is 10.0. The number of rotatable bonds is 64. The molecule has 6 nitrogen and oxygen atoms in total. The van der Waals surface area contributed by atoms with E-state index in [4.69, 9.17) is 14.2 Å². The topological polar surface area (TPSA) is 78.9 Å². The lowest BCUT2D eigenvalue weighted by Crippen LogP contribution is -2.30. The van der Waals surface area contributed by atoms with Gasteiger partial charge in [-0.25, -0.2) is 0 Å². The Morgan fingerprint density at radius 3 is 0.863 bits per heavy atom. The van der Waals surface area contributed by atoms with E-state index in [-0.39, 0.29) is 31.6 Å². The monoisotopic (exact) mass is 1120 g/mol. The van der Waals surface area contributed by atoms with Gasteiger partial charge in [0.1, 0.15) is 13.2 Å². The fraction of sp³-hybridized carbons (Fsp3) is 0.797. The molecule has 0 aliphatic heterocycles. The lowest BCUT2D eigenvalue weighted by Gasteiger charge is -2.18. The molecule has 0 aromatic heterocycles. The van der Waals surface area contributed by atoms with Crippen LogP contribution in [-0.4, -0.2) is 37.2 Å². The summed E-state index contributed by atoms with van der Waals surface area (Å²) >= 11 is 0. The van der Waals surface area contributed by atoms with Crippen molar-refractivity contribution in [3.63, 3.8) is 0 Å². The Balaban J connectivity index is 4.22. The summed E-state index contributed by atoms with van der Waals surface area (Å²) in [5.74, 6) is -1.03. The van der Waals surface area contributed by atoms with Gasteiger partial charge in [0.25, 0.3) is 0 Å². The van der Waals surface area contributed by atoms with Crippen molar-refractivity contribution in [2.45, 2.75) is 367 Å². The Bertz CT molecular complexity index is 1470. The molecule has 0 saturated carbocycles. The summed E-state index contributed by atoms with van der Waals surface area (Å²) in [5.41, 5.74) is 0. The molecule has 6 heteroatoms. The molecule has 0 aliphatic carbocycles. The number of allylic oxidation sites excluding steroid dienone is 11. The van der Waals surface area contributed by atoms with Crippen LogP contribution in [0.1, 0.15) is 361 Å². The second-order valence-corrected chi connectivity index (χ2v) is 23.4. The number of unbranched alkanes of at least 4 members (excludes halogenated alkanes) is 42. The normalized spacial score (nSPS) is 12.5. The third kappa shape index (κ3) is 65.7. The summed E-state index contributed by atoms with van der Waals surface area (Å²) in [6.45, 7) is 6.48. The predicted molar refractivity (Wildman–Crippen MR) is 348 cm³/mol. The van der Waals surface area contributed by atoms with Crippen LogP contribution >= 0.6 is 0 Å². The third-order valence-corrected chi connectivity index (χ3v) is 15.5. The van der Waals surface area contributed by atoms with E-state index in [1.807, 2.05) is 6.08 Å². The fourth-order valence-corrected chi connectivity index (χ4v) is 10.3. The minimum Gasteiger partial charge on any atom is -0.462 e. The molecular weight excluding hydrogens is 985 g/mol. The maximum absolute atomic E-state index is 12.9. The maximum Gasteiger partial charge on any atom is 0.309 e. The van der Waals surface area contributed by atoms with Crippen molar-refractivity contribution in [1.29, 1.82) is 0 Å². The standard InChI is InChI=1S/C74H132O6/c1-4-7-10-13-16-19-22-25-28-30-31-32-33-34-35-36-37-38-39-40-41-42-43-44-47-49-52-55-58-61-64-67-73(76)79-70-71(69-78-72(75)66-63-60-57-54-51-48-45-27-24-21-18-15-12-9-6-3)80-74(77)68-65-62-59-56-53-50-46-29-26-23-20-17-14-11-8-5-2/h9,12,18,21,27,29,45-46,51,54,60,63,71H,4-8,10-11,13-17,19-20,22-26,28,30-44,47-50,52-53,55-59,61-62,64-70H2,1-3H3/b12-9-,21-18-,45-27-,46-29-,54-51-,63-60-. The van der Waals surface area contributed by atoms with Gasteiger partial charge in [0.2, 0.25) is 0 Å². The second kappa shape index (κ2) is 68.3. The highest BCUT2D eigenvalue weighted by Crippen LogP contribution is 2.18. The number of carbonyl (C=O) groups is 3. The van der Waals surface area contributed by atoms with E-state index >= 15 is 0 Å². The van der Waals surface area contributed by atoms with Gasteiger partial charge in [-0.05, 0) is 70.6 Å². The minimum absolute atomic E-state index is 0.106. The largest absolute Gasteiger partial charge is 0.462 e. The fourth-order valence-electron chi connectivity index (χ4n) is 10.3. The van der Waals surface area contributed by atoms with Crippen LogP contribution in [0.2, 0.25) is 0 Å². The molecule has 0 spiro atoms. The van der Waals surface area contributed by atoms with Gasteiger partial charge >= 0.3 is 17.9 Å². The molecule has 0 saturated heterocycles. The molecule has 0 rings (SSSR count). The van der Waals surface area contributed by atoms with E-state index in [1.54, 1.807) is 6.08 Å². The molecule has 0 radical (unpaired) electrons. The van der Waals surface area contributed by atoms with Crippen LogP contribution in [0.15, 0.2) is 72.9 Å². The highest BCUT2D eigenvalue weighted by molar-refractivity contribution is 5.72. The summed E-state index contributed by atoms with van der Waals surface area (Å²) in [6.07, 6.45) is 89.8. The number of hydrogen-bond acceptors (Lipinski definition) is 6. The van der Waals surface area contributed by atoms with Crippen molar-refractivity contribution in [1.82, 2.24) is 0 Å². The van der Waals surface area contributed by atoms with Gasteiger partial charge in [-0.2, -0.15) is 0 Å². The molecule has 464 valence electrons. The molecule has 0 heterocycles. The second-order valence-electron chi connectivity index (χ2n) is 23.4. The summed E-state index contributed by atoms with van der Waals surface area (Å²) in [6, 6.07) is 0. The van der Waals surface area contributed by atoms with Gasteiger partial charge in [0, 0.05) is 12.8 Å². The first-order valence-corrected chi connectivity index (χ1v) is 34.9. The van der Waals surface area contributed by atoms with E-state index in [9.17, 15) is 14.4 Å². The average molecular weight is 1120 g/mol. The number of hydrogen-bond donors (Lipinski definition) is 0. The maximum atomic E-state index is 12.9. The van der Waals surface area contributed by atoms with Crippen LogP contribution in [0.5, 0.6) is 0 Å². The molecule has 0 aliphatic rings. The van der Waals surface area contributed by atoms with E-state index in [1.165, 1.54) is 238 Å². The van der Waals surface area contributed by atoms with E-state index < -0.39 is 12.1 Å². The molecule has 0 bridgehead atoms. The van der Waals surface area contributed by atoms with Crippen LogP contribution in [0.25, 0.3) is 0 Å². The minimum atomic E-state index is -0.820. The molecule has 0 aromatic rings. The Morgan fingerprint density at radius 1 is 0.275 bits per heavy atom. The van der Waals surface area contributed by atoms with Gasteiger partial charge in [-0.3, -0.25) is 14.4 Å². The van der Waals surface area contributed by atoms with Crippen molar-refractivity contribution in [3.05, 3.63) is 72.9 Å². The van der Waals surface area contributed by atoms with Crippen LogP contribution in [0.3, 0.4) is 0 Å². The predicted octanol–water partition coefficient (Wildman–Crippen LogP) is 24.1. The van der Waals surface area contributed by atoms with Crippen LogP contribution in [0.4, 0.5) is 0 Å². The molecule has 0 amide bonds. The first kappa shape index (κ1) is 76.9. The van der Waals surface area contributed by atoms with Crippen LogP contribution < -0.4 is 0 Å². The number of ether oxygens (including phenoxy) is 3. The highest BCUT2D eigenvalue weighted by atomic mass is 16.6. The zero-order chi connectivity index (χ0) is 57.8. The van der Waals surface area contributed by atoms with Gasteiger partial charge < -0.3 is 14.2 Å².